The number of amides is 1. The lowest BCUT2D eigenvalue weighted by molar-refractivity contribution is 0.0805. The first-order valence-corrected chi connectivity index (χ1v) is 10.7. The zero-order valence-corrected chi connectivity index (χ0v) is 17.5. The van der Waals surface area contributed by atoms with Crippen LogP contribution in [0.15, 0.2) is 30.3 Å². The summed E-state index contributed by atoms with van der Waals surface area (Å²) in [5.74, 6) is -1.17. The number of nitrogens with zero attached hydrogens (tertiary/aromatic N) is 4. The fourth-order valence-corrected chi connectivity index (χ4v) is 4.13. The van der Waals surface area contributed by atoms with E-state index in [0.29, 0.717) is 19.2 Å². The quantitative estimate of drug-likeness (QED) is 0.644. The zero-order chi connectivity index (χ0) is 22.0. The van der Waals surface area contributed by atoms with E-state index in [4.69, 9.17) is 0 Å². The minimum absolute atomic E-state index is 0.0861. The highest BCUT2D eigenvalue weighted by molar-refractivity contribution is 5.65. The van der Waals surface area contributed by atoms with Gasteiger partial charge in [0.25, 0.3) is 0 Å². The summed E-state index contributed by atoms with van der Waals surface area (Å²) in [6, 6.07) is 8.89. The van der Waals surface area contributed by atoms with Crippen LogP contribution in [0, 0.1) is 17.8 Å². The summed E-state index contributed by atoms with van der Waals surface area (Å²) in [6.07, 6.45) is 2.74. The van der Waals surface area contributed by atoms with Gasteiger partial charge in [-0.05, 0) is 30.4 Å². The third-order valence-electron chi connectivity index (χ3n) is 6.11. The number of anilines is 1. The van der Waals surface area contributed by atoms with Crippen LogP contribution < -0.4 is 5.32 Å². The summed E-state index contributed by atoms with van der Waals surface area (Å²) in [7, 11) is 0. The molecule has 1 aliphatic heterocycles. The SMILES string of the molecule is C[C@H](Nc1nc(F)cc(F)n1)c1ccc(C(CC2CC2)N2CCN(C(=O)O)CC2)cc1. The van der Waals surface area contributed by atoms with Gasteiger partial charge in [-0.2, -0.15) is 18.7 Å². The van der Waals surface area contributed by atoms with E-state index in [-0.39, 0.29) is 18.0 Å². The number of aromatic nitrogens is 2. The van der Waals surface area contributed by atoms with Gasteiger partial charge in [0.05, 0.1) is 6.04 Å². The smallest absolute Gasteiger partial charge is 0.407 e. The fourth-order valence-electron chi connectivity index (χ4n) is 4.13. The van der Waals surface area contributed by atoms with E-state index in [1.807, 2.05) is 19.1 Å². The monoisotopic (exact) mass is 431 g/mol. The number of carboxylic acid groups (broad SMARTS) is 1. The standard InChI is InChI=1S/C22H27F2N5O2/c1-14(25-21-26-19(23)13-20(24)27-21)16-4-6-17(7-5-16)18(12-15-2-3-15)28-8-10-29(11-9-28)22(30)31/h4-7,13-15,18H,2-3,8-12H2,1H3,(H,30,31)(H,25,26,27)/t14-,18?/m0/s1. The van der Waals surface area contributed by atoms with Crippen LogP contribution in [-0.4, -0.2) is 57.1 Å². The predicted octanol–water partition coefficient (Wildman–Crippen LogP) is 4.06. The van der Waals surface area contributed by atoms with Gasteiger partial charge in [-0.25, -0.2) is 4.79 Å². The second kappa shape index (κ2) is 9.13. The molecule has 4 rings (SSSR count). The second-order valence-electron chi connectivity index (χ2n) is 8.37. The Morgan fingerprint density at radius 1 is 1.10 bits per heavy atom. The van der Waals surface area contributed by atoms with Crippen LogP contribution in [-0.2, 0) is 0 Å². The van der Waals surface area contributed by atoms with Crippen molar-refractivity contribution in [2.75, 3.05) is 31.5 Å². The van der Waals surface area contributed by atoms with Crippen LogP contribution in [0.3, 0.4) is 0 Å². The van der Waals surface area contributed by atoms with E-state index in [1.54, 1.807) is 0 Å². The molecule has 1 aromatic heterocycles. The maximum Gasteiger partial charge on any atom is 0.407 e. The summed E-state index contributed by atoms with van der Waals surface area (Å²) in [5, 5.41) is 12.1. The zero-order valence-electron chi connectivity index (χ0n) is 17.5. The van der Waals surface area contributed by atoms with Crippen molar-refractivity contribution < 1.29 is 18.7 Å². The lowest BCUT2D eigenvalue weighted by atomic mass is 9.96. The van der Waals surface area contributed by atoms with Crippen LogP contribution in [0.2, 0.25) is 0 Å². The molecule has 1 amide bonds. The molecule has 0 bridgehead atoms. The molecule has 0 spiro atoms. The van der Waals surface area contributed by atoms with Gasteiger partial charge in [0.15, 0.2) is 0 Å². The second-order valence-corrected chi connectivity index (χ2v) is 8.37. The first-order valence-electron chi connectivity index (χ1n) is 10.7. The number of nitrogens with one attached hydrogen (secondary N) is 1. The number of halogens is 2. The Balaban J connectivity index is 1.44. The third-order valence-corrected chi connectivity index (χ3v) is 6.11. The maximum absolute atomic E-state index is 13.3. The molecule has 1 unspecified atom stereocenters. The molecule has 166 valence electrons. The Morgan fingerprint density at radius 3 is 2.23 bits per heavy atom. The summed E-state index contributed by atoms with van der Waals surface area (Å²) in [4.78, 5) is 22.2. The van der Waals surface area contributed by atoms with Gasteiger partial charge in [0.2, 0.25) is 17.8 Å². The molecule has 2 heterocycles. The van der Waals surface area contributed by atoms with Gasteiger partial charge >= 0.3 is 6.09 Å². The van der Waals surface area contributed by atoms with Crippen LogP contribution in [0.5, 0.6) is 0 Å². The Hall–Kier alpha value is -2.81. The van der Waals surface area contributed by atoms with Crippen molar-refractivity contribution >= 4 is 12.0 Å². The van der Waals surface area contributed by atoms with Crippen molar-refractivity contribution in [2.24, 2.45) is 5.92 Å². The molecule has 2 N–H and O–H groups in total. The van der Waals surface area contributed by atoms with Gasteiger partial charge in [-0.3, -0.25) is 4.90 Å². The molecule has 7 nitrogen and oxygen atoms in total. The molecule has 1 aliphatic carbocycles. The Kier molecular flexibility index (Phi) is 6.31. The van der Waals surface area contributed by atoms with Gasteiger partial charge in [-0.15, -0.1) is 0 Å². The van der Waals surface area contributed by atoms with Crippen molar-refractivity contribution in [1.82, 2.24) is 19.8 Å². The molecule has 2 fully saturated rings. The average Bonchev–Trinajstić information content (AvgIpc) is 3.56. The molecule has 2 aromatic rings. The van der Waals surface area contributed by atoms with Crippen molar-refractivity contribution in [2.45, 2.75) is 38.3 Å². The van der Waals surface area contributed by atoms with E-state index in [0.717, 1.165) is 31.0 Å². The normalized spacial score (nSPS) is 19.1. The molecular formula is C22H27F2N5O2. The van der Waals surface area contributed by atoms with E-state index in [9.17, 15) is 18.7 Å². The highest BCUT2D eigenvalue weighted by atomic mass is 19.1. The van der Waals surface area contributed by atoms with E-state index in [1.165, 1.54) is 23.3 Å². The van der Waals surface area contributed by atoms with Crippen LogP contribution >= 0.6 is 0 Å². The average molecular weight is 431 g/mol. The van der Waals surface area contributed by atoms with Crippen LogP contribution in [0.4, 0.5) is 19.5 Å². The lowest BCUT2D eigenvalue weighted by Gasteiger charge is -2.38. The molecule has 9 heteroatoms. The number of hydrogen-bond acceptors (Lipinski definition) is 5. The van der Waals surface area contributed by atoms with E-state index >= 15 is 0 Å². The highest BCUT2D eigenvalue weighted by Crippen LogP contribution is 2.40. The van der Waals surface area contributed by atoms with Gasteiger partial charge in [0.1, 0.15) is 0 Å². The molecule has 0 radical (unpaired) electrons. The molecular weight excluding hydrogens is 404 g/mol. The number of hydrogen-bond donors (Lipinski definition) is 2. The Morgan fingerprint density at radius 2 is 1.68 bits per heavy atom. The lowest BCUT2D eigenvalue weighted by Crippen LogP contribution is -2.49. The maximum atomic E-state index is 13.3. The number of rotatable bonds is 7. The minimum atomic E-state index is -0.913. The summed E-state index contributed by atoms with van der Waals surface area (Å²) >= 11 is 0. The summed E-state index contributed by atoms with van der Waals surface area (Å²) in [5.41, 5.74) is 2.16. The molecule has 1 saturated carbocycles. The largest absolute Gasteiger partial charge is 0.465 e. The number of benzene rings is 1. The van der Waals surface area contributed by atoms with Crippen molar-refractivity contribution in [3.05, 3.63) is 53.4 Å². The predicted molar refractivity (Wildman–Crippen MR) is 112 cm³/mol. The highest BCUT2D eigenvalue weighted by Gasteiger charge is 2.32. The van der Waals surface area contributed by atoms with Crippen molar-refractivity contribution in [3.63, 3.8) is 0 Å². The van der Waals surface area contributed by atoms with Crippen molar-refractivity contribution in [3.8, 4) is 0 Å². The molecule has 2 atom stereocenters. The third kappa shape index (κ3) is 5.46. The Labute approximate surface area is 180 Å². The first kappa shape index (κ1) is 21.4. The summed E-state index contributed by atoms with van der Waals surface area (Å²) < 4.78 is 26.6. The van der Waals surface area contributed by atoms with E-state index in [2.05, 4.69) is 32.3 Å². The topological polar surface area (TPSA) is 81.6 Å². The number of carbonyl (C=O) groups is 1. The first-order chi connectivity index (χ1) is 14.9. The Bertz CT molecular complexity index is 894. The van der Waals surface area contributed by atoms with Gasteiger partial charge < -0.3 is 15.3 Å². The van der Waals surface area contributed by atoms with Gasteiger partial charge in [0, 0.05) is 38.3 Å². The van der Waals surface area contributed by atoms with Crippen molar-refractivity contribution in [1.29, 1.82) is 0 Å². The summed E-state index contributed by atoms with van der Waals surface area (Å²) in [6.45, 7) is 4.39. The number of piperazine rings is 1. The van der Waals surface area contributed by atoms with E-state index < -0.39 is 18.0 Å². The van der Waals surface area contributed by atoms with Crippen LogP contribution in [0.25, 0.3) is 0 Å². The molecule has 31 heavy (non-hydrogen) atoms. The molecule has 1 saturated heterocycles. The minimum Gasteiger partial charge on any atom is -0.465 e. The van der Waals surface area contributed by atoms with Crippen LogP contribution in [0.1, 0.15) is 49.4 Å². The fraction of sp³-hybridized carbons (Fsp3) is 0.500. The molecule has 1 aromatic carbocycles. The molecule has 2 aliphatic rings. The van der Waals surface area contributed by atoms with Gasteiger partial charge in [-0.1, -0.05) is 37.1 Å².